The molecule has 1 amide bonds. The predicted molar refractivity (Wildman–Crippen MR) is 77.1 cm³/mol. The number of hydrogen-bond acceptors (Lipinski definition) is 3. The first-order valence-corrected chi connectivity index (χ1v) is 7.44. The van der Waals surface area contributed by atoms with Crippen LogP contribution in [0.15, 0.2) is 24.3 Å². The molecule has 0 aliphatic carbocycles. The largest absolute Gasteiger partial charge is 0.395 e. The van der Waals surface area contributed by atoms with Gasteiger partial charge in [-0.25, -0.2) is 0 Å². The highest BCUT2D eigenvalue weighted by Gasteiger charge is 2.17. The minimum atomic E-state index is -0.0855. The van der Waals surface area contributed by atoms with Crippen LogP contribution in [-0.4, -0.2) is 35.2 Å². The maximum Gasteiger partial charge on any atom is 0.251 e. The fraction of sp³-hybridized carbons (Fsp3) is 0.500. The zero-order valence-electron chi connectivity index (χ0n) is 11.1. The molecule has 0 saturated carbocycles. The van der Waals surface area contributed by atoms with Crippen LogP contribution in [0.1, 0.15) is 29.8 Å². The number of hydrogen-bond donors (Lipinski definition) is 2. The van der Waals surface area contributed by atoms with Gasteiger partial charge in [-0.2, -0.15) is 11.8 Å². The minimum Gasteiger partial charge on any atom is -0.395 e. The molecule has 4 heteroatoms. The summed E-state index contributed by atoms with van der Waals surface area (Å²) in [7, 11) is 0. The van der Waals surface area contributed by atoms with Crippen LogP contribution < -0.4 is 5.32 Å². The van der Waals surface area contributed by atoms with Crippen molar-refractivity contribution in [3.05, 3.63) is 35.4 Å². The Labute approximate surface area is 113 Å². The highest BCUT2D eigenvalue weighted by Crippen LogP contribution is 2.11. The number of aliphatic hydroxyl groups excluding tert-OH is 1. The van der Waals surface area contributed by atoms with Gasteiger partial charge in [0.15, 0.2) is 0 Å². The second-order valence-electron chi connectivity index (χ2n) is 4.27. The molecule has 2 N–H and O–H groups in total. The topological polar surface area (TPSA) is 49.3 Å². The molecule has 0 radical (unpaired) electrons. The van der Waals surface area contributed by atoms with E-state index >= 15 is 0 Å². The number of aliphatic hydroxyl groups is 1. The summed E-state index contributed by atoms with van der Waals surface area (Å²) in [6, 6.07) is 7.57. The van der Waals surface area contributed by atoms with Crippen molar-refractivity contribution < 1.29 is 9.90 Å². The van der Waals surface area contributed by atoms with E-state index < -0.39 is 0 Å². The van der Waals surface area contributed by atoms with Crippen molar-refractivity contribution in [2.45, 2.75) is 31.6 Å². The Morgan fingerprint density at radius 2 is 2.00 bits per heavy atom. The average Bonchev–Trinajstić information content (AvgIpc) is 2.40. The lowest BCUT2D eigenvalue weighted by atomic mass is 10.1. The first-order chi connectivity index (χ1) is 8.62. The van der Waals surface area contributed by atoms with Crippen molar-refractivity contribution in [2.24, 2.45) is 0 Å². The molecule has 100 valence electrons. The molecule has 0 fully saturated rings. The Morgan fingerprint density at radius 3 is 2.44 bits per heavy atom. The van der Waals surface area contributed by atoms with Crippen LogP contribution in [0.4, 0.5) is 0 Å². The van der Waals surface area contributed by atoms with Gasteiger partial charge in [0.1, 0.15) is 0 Å². The van der Waals surface area contributed by atoms with Crippen molar-refractivity contribution in [3.8, 4) is 0 Å². The van der Waals surface area contributed by atoms with E-state index in [9.17, 15) is 9.90 Å². The summed E-state index contributed by atoms with van der Waals surface area (Å²) in [5, 5.41) is 12.1. The quantitative estimate of drug-likeness (QED) is 0.830. The van der Waals surface area contributed by atoms with Crippen molar-refractivity contribution in [3.63, 3.8) is 0 Å². The average molecular weight is 267 g/mol. The molecule has 2 unspecified atom stereocenters. The van der Waals surface area contributed by atoms with Gasteiger partial charge in [0.25, 0.3) is 5.91 Å². The smallest absolute Gasteiger partial charge is 0.251 e. The fourth-order valence-electron chi connectivity index (χ4n) is 1.71. The van der Waals surface area contributed by atoms with E-state index in [0.29, 0.717) is 5.56 Å². The highest BCUT2D eigenvalue weighted by molar-refractivity contribution is 7.99. The molecule has 2 atom stereocenters. The molecule has 0 heterocycles. The van der Waals surface area contributed by atoms with E-state index in [1.165, 1.54) is 5.56 Å². The SMILES string of the molecule is CCc1ccc(C(=O)NC(C)C(CO)SC)cc1. The zero-order valence-corrected chi connectivity index (χ0v) is 12.0. The zero-order chi connectivity index (χ0) is 13.5. The lowest BCUT2D eigenvalue weighted by Crippen LogP contribution is -2.41. The van der Waals surface area contributed by atoms with Crippen molar-refractivity contribution in [2.75, 3.05) is 12.9 Å². The maximum atomic E-state index is 12.0. The first-order valence-electron chi connectivity index (χ1n) is 6.15. The second-order valence-corrected chi connectivity index (χ2v) is 5.35. The number of aryl methyl sites for hydroxylation is 1. The van der Waals surface area contributed by atoms with Crippen LogP contribution in [0.25, 0.3) is 0 Å². The van der Waals surface area contributed by atoms with Gasteiger partial charge in [0.05, 0.1) is 6.61 Å². The van der Waals surface area contributed by atoms with E-state index in [2.05, 4.69) is 12.2 Å². The number of carbonyl (C=O) groups is 1. The summed E-state index contributed by atoms with van der Waals surface area (Å²) in [4.78, 5) is 12.0. The Balaban J connectivity index is 2.64. The molecule has 0 saturated heterocycles. The van der Waals surface area contributed by atoms with Gasteiger partial charge in [-0.05, 0) is 37.3 Å². The first kappa shape index (κ1) is 15.1. The predicted octanol–water partition coefficient (Wildman–Crippen LogP) is 2.09. The minimum absolute atomic E-state index is 0.0314. The molecule has 0 aliphatic rings. The maximum absolute atomic E-state index is 12.0. The molecule has 1 aromatic rings. The fourth-order valence-corrected chi connectivity index (χ4v) is 2.34. The Bertz CT molecular complexity index is 374. The van der Waals surface area contributed by atoms with Crippen LogP contribution in [0.3, 0.4) is 0 Å². The number of rotatable bonds is 6. The van der Waals surface area contributed by atoms with Crippen LogP contribution in [0.2, 0.25) is 0 Å². The Hall–Kier alpha value is -1.00. The summed E-state index contributed by atoms with van der Waals surface area (Å²) in [6.45, 7) is 4.06. The summed E-state index contributed by atoms with van der Waals surface area (Å²) in [6.07, 6.45) is 2.90. The molecular weight excluding hydrogens is 246 g/mol. The van der Waals surface area contributed by atoms with Crippen LogP contribution in [-0.2, 0) is 6.42 Å². The molecule has 1 rings (SSSR count). The van der Waals surface area contributed by atoms with Crippen LogP contribution in [0, 0.1) is 0 Å². The molecule has 0 aliphatic heterocycles. The van der Waals surface area contributed by atoms with Gasteiger partial charge in [0, 0.05) is 16.9 Å². The number of nitrogens with one attached hydrogen (secondary N) is 1. The summed E-state index contributed by atoms with van der Waals surface area (Å²) >= 11 is 1.56. The summed E-state index contributed by atoms with van der Waals surface area (Å²) < 4.78 is 0. The third-order valence-electron chi connectivity index (χ3n) is 3.02. The molecule has 0 spiro atoms. The molecule has 3 nitrogen and oxygen atoms in total. The van der Waals surface area contributed by atoms with Gasteiger partial charge >= 0.3 is 0 Å². The number of benzene rings is 1. The lowest BCUT2D eigenvalue weighted by molar-refractivity contribution is 0.0936. The van der Waals surface area contributed by atoms with E-state index in [1.54, 1.807) is 11.8 Å². The van der Waals surface area contributed by atoms with Crippen LogP contribution >= 0.6 is 11.8 Å². The second kappa shape index (κ2) is 7.44. The molecule has 0 bridgehead atoms. The van der Waals surface area contributed by atoms with Gasteiger partial charge < -0.3 is 10.4 Å². The van der Waals surface area contributed by atoms with Crippen molar-refractivity contribution >= 4 is 17.7 Å². The monoisotopic (exact) mass is 267 g/mol. The van der Waals surface area contributed by atoms with Gasteiger partial charge in [-0.1, -0.05) is 19.1 Å². The van der Waals surface area contributed by atoms with E-state index in [1.807, 2.05) is 37.4 Å². The Kier molecular flexibility index (Phi) is 6.22. The number of carbonyl (C=O) groups excluding carboxylic acids is 1. The molecular formula is C14H21NO2S. The third-order valence-corrected chi connectivity index (χ3v) is 4.19. The summed E-state index contributed by atoms with van der Waals surface area (Å²) in [5.41, 5.74) is 1.88. The van der Waals surface area contributed by atoms with Crippen molar-refractivity contribution in [1.29, 1.82) is 0 Å². The van der Waals surface area contributed by atoms with E-state index in [-0.39, 0.29) is 23.8 Å². The Morgan fingerprint density at radius 1 is 1.39 bits per heavy atom. The van der Waals surface area contributed by atoms with Gasteiger partial charge in [-0.3, -0.25) is 4.79 Å². The summed E-state index contributed by atoms with van der Waals surface area (Å²) in [5.74, 6) is -0.0855. The molecule has 1 aromatic carbocycles. The number of thioether (sulfide) groups is 1. The third kappa shape index (κ3) is 4.03. The molecule has 18 heavy (non-hydrogen) atoms. The van der Waals surface area contributed by atoms with E-state index in [0.717, 1.165) is 6.42 Å². The van der Waals surface area contributed by atoms with E-state index in [4.69, 9.17) is 0 Å². The van der Waals surface area contributed by atoms with Gasteiger partial charge in [0.2, 0.25) is 0 Å². The van der Waals surface area contributed by atoms with Crippen molar-refractivity contribution in [1.82, 2.24) is 5.32 Å². The van der Waals surface area contributed by atoms with Gasteiger partial charge in [-0.15, -0.1) is 0 Å². The number of amides is 1. The molecule has 0 aromatic heterocycles. The van der Waals surface area contributed by atoms with Crippen LogP contribution in [0.5, 0.6) is 0 Å². The standard InChI is InChI=1S/C14H21NO2S/c1-4-11-5-7-12(8-6-11)14(17)15-10(2)13(9-16)18-3/h5-8,10,13,16H,4,9H2,1-3H3,(H,15,17). The highest BCUT2D eigenvalue weighted by atomic mass is 32.2. The lowest BCUT2D eigenvalue weighted by Gasteiger charge is -2.21. The normalized spacial score (nSPS) is 14.0.